The summed E-state index contributed by atoms with van der Waals surface area (Å²) in [4.78, 5) is 11.4. The first kappa shape index (κ1) is 9.15. The number of carbonyl (C=O) groups is 1. The van der Waals surface area contributed by atoms with Crippen molar-refractivity contribution in [1.82, 2.24) is 5.32 Å². The summed E-state index contributed by atoms with van der Waals surface area (Å²) < 4.78 is 12.8. The third kappa shape index (κ3) is 1.48. The number of amides is 1. The highest BCUT2D eigenvalue weighted by Gasteiger charge is 2.24. The second-order valence-electron chi connectivity index (χ2n) is 3.34. The van der Waals surface area contributed by atoms with Crippen molar-refractivity contribution in [1.29, 1.82) is 0 Å². The number of rotatable bonds is 1. The summed E-state index contributed by atoms with van der Waals surface area (Å²) in [6.45, 7) is 0. The SMILES string of the molecule is CNC1Cc2ccc(F)cc2NC1=O. The number of halogens is 1. The predicted octanol–water partition coefficient (Wildman–Crippen LogP) is 0.908. The second kappa shape index (κ2) is 3.38. The number of anilines is 1. The molecule has 3 nitrogen and oxygen atoms in total. The van der Waals surface area contributed by atoms with Crippen molar-refractivity contribution < 1.29 is 9.18 Å². The van der Waals surface area contributed by atoms with Gasteiger partial charge in [-0.1, -0.05) is 6.07 Å². The van der Waals surface area contributed by atoms with Crippen molar-refractivity contribution in [2.45, 2.75) is 12.5 Å². The van der Waals surface area contributed by atoms with Gasteiger partial charge in [0.25, 0.3) is 0 Å². The van der Waals surface area contributed by atoms with Crippen LogP contribution in [0, 0.1) is 5.82 Å². The van der Waals surface area contributed by atoms with E-state index in [4.69, 9.17) is 0 Å². The maximum Gasteiger partial charge on any atom is 0.241 e. The van der Waals surface area contributed by atoms with Crippen LogP contribution in [0.2, 0.25) is 0 Å². The fourth-order valence-electron chi connectivity index (χ4n) is 1.61. The maximum atomic E-state index is 12.8. The third-order valence-corrected chi connectivity index (χ3v) is 2.42. The van der Waals surface area contributed by atoms with Crippen molar-refractivity contribution in [3.63, 3.8) is 0 Å². The Labute approximate surface area is 81.3 Å². The largest absolute Gasteiger partial charge is 0.324 e. The Morgan fingerprint density at radius 1 is 1.57 bits per heavy atom. The van der Waals surface area contributed by atoms with Gasteiger partial charge in [0.05, 0.1) is 6.04 Å². The average molecular weight is 194 g/mol. The lowest BCUT2D eigenvalue weighted by Gasteiger charge is -2.23. The molecular weight excluding hydrogens is 183 g/mol. The van der Waals surface area contributed by atoms with Crippen LogP contribution in [-0.2, 0) is 11.2 Å². The Bertz CT molecular complexity index is 378. The molecule has 1 aromatic carbocycles. The van der Waals surface area contributed by atoms with Crippen LogP contribution in [0.4, 0.5) is 10.1 Å². The molecule has 0 bridgehead atoms. The van der Waals surface area contributed by atoms with Gasteiger partial charge in [-0.05, 0) is 31.2 Å². The van der Waals surface area contributed by atoms with Crippen LogP contribution in [-0.4, -0.2) is 19.0 Å². The third-order valence-electron chi connectivity index (χ3n) is 2.42. The normalized spacial score (nSPS) is 20.1. The lowest BCUT2D eigenvalue weighted by atomic mass is 9.99. The molecule has 1 aromatic rings. The van der Waals surface area contributed by atoms with E-state index < -0.39 is 0 Å². The average Bonchev–Trinajstić information content (AvgIpc) is 2.16. The molecule has 2 rings (SSSR count). The molecule has 2 N–H and O–H groups in total. The zero-order valence-electron chi connectivity index (χ0n) is 7.80. The number of nitrogens with one attached hydrogen (secondary N) is 2. The van der Waals surface area contributed by atoms with Crippen LogP contribution >= 0.6 is 0 Å². The van der Waals surface area contributed by atoms with Crippen LogP contribution in [0.5, 0.6) is 0 Å². The molecule has 0 aromatic heterocycles. The predicted molar refractivity (Wildman–Crippen MR) is 51.6 cm³/mol. The van der Waals surface area contributed by atoms with Gasteiger partial charge in [0.2, 0.25) is 5.91 Å². The van der Waals surface area contributed by atoms with Crippen LogP contribution in [0.3, 0.4) is 0 Å². The molecule has 0 saturated heterocycles. The summed E-state index contributed by atoms with van der Waals surface area (Å²) in [7, 11) is 1.73. The fraction of sp³-hybridized carbons (Fsp3) is 0.300. The summed E-state index contributed by atoms with van der Waals surface area (Å²) in [5, 5.41) is 5.56. The molecule has 1 unspecified atom stereocenters. The van der Waals surface area contributed by atoms with Gasteiger partial charge in [0.15, 0.2) is 0 Å². The van der Waals surface area contributed by atoms with Crippen LogP contribution < -0.4 is 10.6 Å². The fourth-order valence-corrected chi connectivity index (χ4v) is 1.61. The van der Waals surface area contributed by atoms with Gasteiger partial charge < -0.3 is 10.6 Å². The zero-order valence-corrected chi connectivity index (χ0v) is 7.80. The smallest absolute Gasteiger partial charge is 0.241 e. The standard InChI is InChI=1S/C10H11FN2O/c1-12-9-4-6-2-3-7(11)5-8(6)13-10(9)14/h2-3,5,9,12H,4H2,1H3,(H,13,14). The molecular formula is C10H11FN2O. The van der Waals surface area contributed by atoms with E-state index in [0.717, 1.165) is 5.56 Å². The van der Waals surface area contributed by atoms with Crippen molar-refractivity contribution in [3.05, 3.63) is 29.6 Å². The first-order valence-electron chi connectivity index (χ1n) is 4.47. The van der Waals surface area contributed by atoms with Gasteiger partial charge in [-0.25, -0.2) is 4.39 Å². The first-order valence-corrected chi connectivity index (χ1v) is 4.47. The Balaban J connectivity index is 2.35. The van der Waals surface area contributed by atoms with E-state index in [1.807, 2.05) is 0 Å². The van der Waals surface area contributed by atoms with Gasteiger partial charge in [0, 0.05) is 5.69 Å². The molecule has 1 amide bonds. The Hall–Kier alpha value is -1.42. The molecule has 1 aliphatic rings. The first-order chi connectivity index (χ1) is 6.70. The van der Waals surface area contributed by atoms with E-state index in [1.165, 1.54) is 12.1 Å². The number of hydrogen-bond acceptors (Lipinski definition) is 2. The van der Waals surface area contributed by atoms with Crippen LogP contribution in [0.1, 0.15) is 5.56 Å². The van der Waals surface area contributed by atoms with E-state index in [9.17, 15) is 9.18 Å². The Morgan fingerprint density at radius 2 is 2.36 bits per heavy atom. The number of fused-ring (bicyclic) bond motifs is 1. The van der Waals surface area contributed by atoms with Crippen LogP contribution in [0.25, 0.3) is 0 Å². The van der Waals surface area contributed by atoms with Crippen molar-refractivity contribution in [3.8, 4) is 0 Å². The van der Waals surface area contributed by atoms with Crippen LogP contribution in [0.15, 0.2) is 18.2 Å². The van der Waals surface area contributed by atoms with Gasteiger partial charge in [-0.15, -0.1) is 0 Å². The minimum Gasteiger partial charge on any atom is -0.324 e. The number of likely N-dealkylation sites (N-methyl/N-ethyl adjacent to an activating group) is 1. The van der Waals surface area contributed by atoms with Gasteiger partial charge in [0.1, 0.15) is 5.82 Å². The van der Waals surface area contributed by atoms with E-state index in [1.54, 1.807) is 13.1 Å². The van der Waals surface area contributed by atoms with E-state index in [2.05, 4.69) is 10.6 Å². The molecule has 0 fully saturated rings. The monoisotopic (exact) mass is 194 g/mol. The molecule has 0 spiro atoms. The van der Waals surface area contributed by atoms with E-state index >= 15 is 0 Å². The molecule has 4 heteroatoms. The van der Waals surface area contributed by atoms with Crippen molar-refractivity contribution in [2.24, 2.45) is 0 Å². The molecule has 1 atom stereocenters. The number of benzene rings is 1. The number of hydrogen-bond donors (Lipinski definition) is 2. The minimum absolute atomic E-state index is 0.106. The highest BCUT2D eigenvalue weighted by molar-refractivity contribution is 5.97. The Morgan fingerprint density at radius 3 is 3.07 bits per heavy atom. The quantitative estimate of drug-likeness (QED) is 0.697. The highest BCUT2D eigenvalue weighted by atomic mass is 19.1. The van der Waals surface area contributed by atoms with Crippen molar-refractivity contribution >= 4 is 11.6 Å². The lowest BCUT2D eigenvalue weighted by molar-refractivity contribution is -0.118. The molecule has 14 heavy (non-hydrogen) atoms. The molecule has 0 saturated carbocycles. The highest BCUT2D eigenvalue weighted by Crippen LogP contribution is 2.23. The molecule has 1 heterocycles. The summed E-state index contributed by atoms with van der Waals surface area (Å²) in [6, 6.07) is 4.24. The topological polar surface area (TPSA) is 41.1 Å². The lowest BCUT2D eigenvalue weighted by Crippen LogP contribution is -2.43. The van der Waals surface area contributed by atoms with Gasteiger partial charge in [-0.3, -0.25) is 4.79 Å². The summed E-state index contributed by atoms with van der Waals surface area (Å²) in [5.74, 6) is -0.433. The second-order valence-corrected chi connectivity index (χ2v) is 3.34. The van der Waals surface area contributed by atoms with Crippen molar-refractivity contribution in [2.75, 3.05) is 12.4 Å². The molecule has 1 aliphatic heterocycles. The number of carbonyl (C=O) groups excluding carboxylic acids is 1. The van der Waals surface area contributed by atoms with Gasteiger partial charge >= 0.3 is 0 Å². The minimum atomic E-state index is -0.327. The zero-order chi connectivity index (χ0) is 10.1. The molecule has 0 aliphatic carbocycles. The maximum absolute atomic E-state index is 12.8. The summed E-state index contributed by atoms with van der Waals surface area (Å²) >= 11 is 0. The summed E-state index contributed by atoms with van der Waals surface area (Å²) in [5.41, 5.74) is 1.55. The molecule has 74 valence electrons. The van der Waals surface area contributed by atoms with E-state index in [-0.39, 0.29) is 17.8 Å². The summed E-state index contributed by atoms with van der Waals surface area (Å²) in [6.07, 6.45) is 0.609. The van der Waals surface area contributed by atoms with Gasteiger partial charge in [-0.2, -0.15) is 0 Å². The Kier molecular flexibility index (Phi) is 2.21. The molecule has 0 radical (unpaired) electrons. The van der Waals surface area contributed by atoms with E-state index in [0.29, 0.717) is 12.1 Å².